The van der Waals surface area contributed by atoms with Gasteiger partial charge in [-0.3, -0.25) is 0 Å². The SMILES string of the molecule is [Br-].[CH2]C=C.[CH2]C=C.[Sb]. The van der Waals surface area contributed by atoms with Crippen LogP contribution in [-0.2, 0) is 0 Å². The fourth-order valence-corrected chi connectivity index (χ4v) is 0. The number of hydrogen-bond acceptors (Lipinski definition) is 0. The van der Waals surface area contributed by atoms with Crippen molar-refractivity contribution in [3.05, 3.63) is 39.2 Å². The fraction of sp³-hybridized carbons (Fsp3) is 0. The van der Waals surface area contributed by atoms with Crippen LogP contribution >= 0.6 is 0 Å². The average molecular weight is 284 g/mol. The summed E-state index contributed by atoms with van der Waals surface area (Å²) in [6, 6.07) is 0. The van der Waals surface area contributed by atoms with Crippen molar-refractivity contribution in [3.63, 3.8) is 0 Å². The molecule has 0 bridgehead atoms. The van der Waals surface area contributed by atoms with Gasteiger partial charge in [-0.05, 0) is 13.8 Å². The van der Waals surface area contributed by atoms with E-state index in [0.29, 0.717) is 0 Å². The van der Waals surface area contributed by atoms with E-state index in [-0.39, 0.29) is 41.4 Å². The Morgan fingerprint density at radius 1 is 0.875 bits per heavy atom. The number of allylic oxidation sites excluding steroid dienone is 2. The van der Waals surface area contributed by atoms with Gasteiger partial charge in [0.05, 0.1) is 0 Å². The van der Waals surface area contributed by atoms with Crippen LogP contribution in [0, 0.1) is 13.8 Å². The summed E-state index contributed by atoms with van der Waals surface area (Å²) in [7, 11) is 0. The van der Waals surface area contributed by atoms with Crippen LogP contribution in [0.25, 0.3) is 0 Å². The molecule has 0 unspecified atom stereocenters. The predicted molar refractivity (Wildman–Crippen MR) is 36.9 cm³/mol. The summed E-state index contributed by atoms with van der Waals surface area (Å²) in [5.74, 6) is 0. The van der Waals surface area contributed by atoms with Crippen LogP contribution in [0.5, 0.6) is 0 Å². The van der Waals surface area contributed by atoms with Gasteiger partial charge < -0.3 is 17.0 Å². The third-order valence-corrected chi connectivity index (χ3v) is 0. The molecule has 0 heterocycles. The first kappa shape index (κ1) is 23.3. The molecule has 0 saturated heterocycles. The fourth-order valence-electron chi connectivity index (χ4n) is 0. The summed E-state index contributed by atoms with van der Waals surface area (Å²) < 4.78 is 0. The standard InChI is InChI=1S/2C3H5.BrH.Sb/c2*1-3-2;;/h2*3H,1-2H2;1H;/p-1. The van der Waals surface area contributed by atoms with Crippen molar-refractivity contribution in [1.82, 2.24) is 0 Å². The Labute approximate surface area is 80.3 Å². The zero-order valence-electron chi connectivity index (χ0n) is 4.81. The van der Waals surface area contributed by atoms with E-state index < -0.39 is 0 Å². The Balaban J connectivity index is -0.0000000160. The molecular weight excluding hydrogens is 274 g/mol. The number of halogens is 1. The van der Waals surface area contributed by atoms with Crippen LogP contribution in [-0.4, -0.2) is 24.4 Å². The van der Waals surface area contributed by atoms with Gasteiger partial charge in [-0.1, -0.05) is 12.2 Å². The summed E-state index contributed by atoms with van der Waals surface area (Å²) in [6.07, 6.45) is 3.00. The van der Waals surface area contributed by atoms with Gasteiger partial charge in [0.1, 0.15) is 0 Å². The molecule has 0 aromatic heterocycles. The first-order valence-electron chi connectivity index (χ1n) is 1.63. The average Bonchev–Trinajstić information content (AvgIpc) is 1.39. The van der Waals surface area contributed by atoms with Crippen molar-refractivity contribution in [1.29, 1.82) is 0 Å². The van der Waals surface area contributed by atoms with E-state index in [4.69, 9.17) is 0 Å². The Morgan fingerprint density at radius 2 is 0.875 bits per heavy atom. The van der Waals surface area contributed by atoms with Crippen LogP contribution < -0.4 is 17.0 Å². The van der Waals surface area contributed by atoms with Gasteiger partial charge in [-0.2, -0.15) is 0 Å². The van der Waals surface area contributed by atoms with Crippen LogP contribution in [0.4, 0.5) is 0 Å². The van der Waals surface area contributed by atoms with Crippen LogP contribution in [0.3, 0.4) is 0 Å². The molecule has 8 heavy (non-hydrogen) atoms. The molecule has 2 heteroatoms. The van der Waals surface area contributed by atoms with Gasteiger partial charge in [0.2, 0.25) is 0 Å². The first-order valence-corrected chi connectivity index (χ1v) is 1.63. The van der Waals surface area contributed by atoms with E-state index in [1.807, 2.05) is 0 Å². The molecule has 0 aromatic carbocycles. The number of rotatable bonds is 0. The van der Waals surface area contributed by atoms with Crippen molar-refractivity contribution in [2.24, 2.45) is 0 Å². The Hall–Kier alpha value is 0.778. The molecule has 0 N–H and O–H groups in total. The second-order valence-corrected chi connectivity index (χ2v) is 0.577. The molecule has 0 aliphatic carbocycles. The van der Waals surface area contributed by atoms with Crippen LogP contribution in [0.2, 0.25) is 0 Å². The molecule has 0 nitrogen and oxygen atoms in total. The van der Waals surface area contributed by atoms with Crippen molar-refractivity contribution in [2.45, 2.75) is 0 Å². The maximum Gasteiger partial charge on any atom is 0 e. The topological polar surface area (TPSA) is 0 Å². The smallest absolute Gasteiger partial charge is 0 e. The molecule has 0 rings (SSSR count). The maximum atomic E-state index is 3.25. The van der Waals surface area contributed by atoms with E-state index in [2.05, 4.69) is 27.0 Å². The summed E-state index contributed by atoms with van der Waals surface area (Å²) in [6.45, 7) is 13.0. The van der Waals surface area contributed by atoms with E-state index >= 15 is 0 Å². The van der Waals surface area contributed by atoms with Crippen molar-refractivity contribution >= 4 is 24.4 Å². The van der Waals surface area contributed by atoms with Gasteiger partial charge in [-0.25, -0.2) is 0 Å². The van der Waals surface area contributed by atoms with E-state index in [0.717, 1.165) is 0 Å². The second-order valence-electron chi connectivity index (χ2n) is 0.577. The Kier molecular flexibility index (Phi) is 135. The van der Waals surface area contributed by atoms with E-state index in [1.54, 1.807) is 0 Å². The van der Waals surface area contributed by atoms with E-state index in [9.17, 15) is 0 Å². The zero-order chi connectivity index (χ0) is 5.41. The largest absolute Gasteiger partial charge is 1.00 e. The quantitative estimate of drug-likeness (QED) is 0.482. The van der Waals surface area contributed by atoms with Gasteiger partial charge in [0, 0.05) is 24.4 Å². The number of hydrogen-bond donors (Lipinski definition) is 0. The molecule has 0 saturated carbocycles. The predicted octanol–water partition coefficient (Wildman–Crippen LogP) is -1.36. The molecule has 0 aliphatic heterocycles. The molecule has 0 amide bonds. The summed E-state index contributed by atoms with van der Waals surface area (Å²) in [5, 5.41) is 0. The molecular formula is C6H10BrSb-. The molecule has 0 atom stereocenters. The minimum Gasteiger partial charge on any atom is -1.00 e. The molecule has 47 valence electrons. The monoisotopic (exact) mass is 282 g/mol. The third kappa shape index (κ3) is 374. The van der Waals surface area contributed by atoms with Gasteiger partial charge in [-0.15, -0.1) is 13.2 Å². The zero-order valence-corrected chi connectivity index (χ0v) is 8.95. The maximum absolute atomic E-state index is 3.25. The van der Waals surface area contributed by atoms with E-state index in [1.165, 1.54) is 12.2 Å². The Morgan fingerprint density at radius 3 is 0.875 bits per heavy atom. The van der Waals surface area contributed by atoms with Crippen LogP contribution in [0.15, 0.2) is 25.3 Å². The summed E-state index contributed by atoms with van der Waals surface area (Å²) in [5.41, 5.74) is 0. The Bertz CT molecular complexity index is 29.5. The second kappa shape index (κ2) is 46.3. The van der Waals surface area contributed by atoms with Crippen molar-refractivity contribution in [2.75, 3.05) is 0 Å². The minimum atomic E-state index is 0. The van der Waals surface area contributed by atoms with Crippen LogP contribution in [0.1, 0.15) is 0 Å². The van der Waals surface area contributed by atoms with Crippen molar-refractivity contribution < 1.29 is 17.0 Å². The molecule has 5 radical (unpaired) electrons. The molecule has 0 spiro atoms. The molecule has 0 fully saturated rings. The molecule has 0 aliphatic rings. The van der Waals surface area contributed by atoms with Gasteiger partial charge >= 0.3 is 0 Å². The first-order chi connectivity index (χ1) is 2.83. The summed E-state index contributed by atoms with van der Waals surface area (Å²) in [4.78, 5) is 0. The van der Waals surface area contributed by atoms with Crippen molar-refractivity contribution in [3.8, 4) is 0 Å². The normalized spacial score (nSPS) is 3.25. The van der Waals surface area contributed by atoms with Gasteiger partial charge in [0.15, 0.2) is 0 Å². The van der Waals surface area contributed by atoms with Gasteiger partial charge in [0.25, 0.3) is 0 Å². The minimum absolute atomic E-state index is 0. The third-order valence-electron chi connectivity index (χ3n) is 0. The molecule has 0 aromatic rings. The summed E-state index contributed by atoms with van der Waals surface area (Å²) >= 11 is 0.